The quantitative estimate of drug-likeness (QED) is 0.396. The van der Waals surface area contributed by atoms with E-state index in [2.05, 4.69) is 38.2 Å². The first-order valence-corrected chi connectivity index (χ1v) is 7.65. The molecule has 0 aliphatic carbocycles. The average Bonchev–Trinajstić information content (AvgIpc) is 2.51. The van der Waals surface area contributed by atoms with Gasteiger partial charge in [0.25, 0.3) is 0 Å². The fraction of sp³-hybridized carbons (Fsp3) is 0.357. The number of aryl methyl sites for hydroxylation is 1. The normalized spacial score (nSPS) is 10.3. The number of rotatable bonds is 7. The molecule has 2 N–H and O–H groups in total. The Hall–Kier alpha value is -1.84. The van der Waals surface area contributed by atoms with Crippen molar-refractivity contribution < 1.29 is 19.1 Å². The Balaban J connectivity index is 2.16. The van der Waals surface area contributed by atoms with Gasteiger partial charge in [0.2, 0.25) is 11.8 Å². The number of pyridine rings is 1. The maximum atomic E-state index is 11.3. The van der Waals surface area contributed by atoms with Crippen LogP contribution in [0.4, 0.5) is 4.79 Å². The molecular weight excluding hydrogens is 401 g/mol. The molecule has 1 heterocycles. The van der Waals surface area contributed by atoms with E-state index in [-0.39, 0.29) is 25.7 Å². The minimum atomic E-state index is -0.572. The topological polar surface area (TPSA) is 89.6 Å². The van der Waals surface area contributed by atoms with E-state index in [9.17, 15) is 9.59 Å². The summed E-state index contributed by atoms with van der Waals surface area (Å²) in [6.45, 7) is 2.43. The van der Waals surface area contributed by atoms with Crippen LogP contribution in [0.25, 0.3) is 0 Å². The van der Waals surface area contributed by atoms with E-state index in [1.807, 2.05) is 13.0 Å². The van der Waals surface area contributed by atoms with Gasteiger partial charge in [0.15, 0.2) is 0 Å². The number of carbonyl (C=O) groups is 2. The van der Waals surface area contributed by atoms with Crippen LogP contribution in [0.3, 0.4) is 0 Å². The van der Waals surface area contributed by atoms with E-state index in [1.54, 1.807) is 6.07 Å². The molecule has 2 amide bonds. The van der Waals surface area contributed by atoms with Gasteiger partial charge in [-0.2, -0.15) is 0 Å². The second kappa shape index (κ2) is 9.98. The molecule has 0 fully saturated rings. The van der Waals surface area contributed by atoms with Crippen molar-refractivity contribution in [2.24, 2.45) is 0 Å². The maximum Gasteiger partial charge on any atom is 0.407 e. The smallest absolute Gasteiger partial charge is 0.407 e. The minimum Gasteiger partial charge on any atom is -0.474 e. The third-order valence-corrected chi connectivity index (χ3v) is 3.58. The molecule has 7 nitrogen and oxygen atoms in total. The number of ether oxygens (including phenoxy) is 2. The zero-order valence-electron chi connectivity index (χ0n) is 12.4. The molecule has 0 aliphatic rings. The summed E-state index contributed by atoms with van der Waals surface area (Å²) < 4.78 is 11.4. The van der Waals surface area contributed by atoms with Gasteiger partial charge < -0.3 is 20.1 Å². The second-order valence-corrected chi connectivity index (χ2v) is 5.26. The van der Waals surface area contributed by atoms with Crippen LogP contribution >= 0.6 is 22.6 Å². The third-order valence-electron chi connectivity index (χ3n) is 2.44. The predicted octanol–water partition coefficient (Wildman–Crippen LogP) is 1.40. The molecule has 0 aliphatic heterocycles. The molecule has 1 aromatic heterocycles. The number of likely N-dealkylation sites (N-methyl/N-ethyl adjacent to an activating group) is 1. The summed E-state index contributed by atoms with van der Waals surface area (Å²) in [4.78, 5) is 26.5. The number of halogens is 1. The molecular formula is C14H18IN3O4. The number of hydrogen-bond acceptors (Lipinski definition) is 5. The Morgan fingerprint density at radius 3 is 2.82 bits per heavy atom. The highest BCUT2D eigenvalue weighted by atomic mass is 127. The van der Waals surface area contributed by atoms with E-state index in [0.29, 0.717) is 5.88 Å². The number of nitrogens with one attached hydrogen (secondary N) is 2. The van der Waals surface area contributed by atoms with Gasteiger partial charge in [-0.05, 0) is 35.6 Å². The summed E-state index contributed by atoms with van der Waals surface area (Å²) in [5.41, 5.74) is 0.889. The van der Waals surface area contributed by atoms with Crippen molar-refractivity contribution in [2.45, 2.75) is 6.92 Å². The third kappa shape index (κ3) is 7.25. The first-order chi connectivity index (χ1) is 10.5. The number of hydrogen-bond donors (Lipinski definition) is 2. The summed E-state index contributed by atoms with van der Waals surface area (Å²) in [5.74, 6) is 0.263. The zero-order chi connectivity index (χ0) is 16.4. The molecule has 0 spiro atoms. The molecule has 0 aromatic carbocycles. The van der Waals surface area contributed by atoms with Crippen LogP contribution < -0.4 is 15.4 Å². The molecule has 1 aromatic rings. The average molecular weight is 419 g/mol. The van der Waals surface area contributed by atoms with Crippen molar-refractivity contribution in [3.63, 3.8) is 0 Å². The van der Waals surface area contributed by atoms with Crippen LogP contribution in [0.2, 0.25) is 0 Å². The number of alkyl carbamates (subject to hydrolysis) is 1. The number of amides is 2. The highest BCUT2D eigenvalue weighted by molar-refractivity contribution is 14.1. The standard InChI is InChI=1S/C14H18IN3O4/c1-10-11(15)5-6-13(18-10)21-8-9-22-14(20)17-7-3-4-12(19)16-2/h3-6H,7-9H2,1-2H3,(H,16,19)(H,17,20)/b4-3+. The van der Waals surface area contributed by atoms with Crippen LogP contribution in [0.1, 0.15) is 5.69 Å². The molecule has 120 valence electrons. The van der Waals surface area contributed by atoms with Gasteiger partial charge in [-0.25, -0.2) is 9.78 Å². The fourth-order valence-corrected chi connectivity index (χ4v) is 1.62. The van der Waals surface area contributed by atoms with Crippen molar-refractivity contribution in [2.75, 3.05) is 26.8 Å². The Kier molecular flexibility index (Phi) is 8.26. The summed E-state index contributed by atoms with van der Waals surface area (Å²) in [6.07, 6.45) is 2.28. The molecule has 22 heavy (non-hydrogen) atoms. The SMILES string of the molecule is CNC(=O)/C=C/CNC(=O)OCCOc1ccc(I)c(C)n1. The van der Waals surface area contributed by atoms with Crippen LogP contribution in [0.5, 0.6) is 5.88 Å². The van der Waals surface area contributed by atoms with Crippen molar-refractivity contribution in [3.05, 3.63) is 33.5 Å². The minimum absolute atomic E-state index is 0.109. The first-order valence-electron chi connectivity index (χ1n) is 6.57. The van der Waals surface area contributed by atoms with E-state index in [4.69, 9.17) is 9.47 Å². The van der Waals surface area contributed by atoms with Gasteiger partial charge in [-0.1, -0.05) is 6.08 Å². The Bertz CT molecular complexity index is 549. The first kappa shape index (κ1) is 18.2. The summed E-state index contributed by atoms with van der Waals surface area (Å²) >= 11 is 2.19. The summed E-state index contributed by atoms with van der Waals surface area (Å²) in [5, 5.41) is 4.90. The molecule has 0 radical (unpaired) electrons. The van der Waals surface area contributed by atoms with E-state index in [1.165, 1.54) is 19.2 Å². The van der Waals surface area contributed by atoms with Crippen LogP contribution in [-0.4, -0.2) is 43.8 Å². The molecule has 0 bridgehead atoms. The Morgan fingerprint density at radius 2 is 2.14 bits per heavy atom. The maximum absolute atomic E-state index is 11.3. The highest BCUT2D eigenvalue weighted by Gasteiger charge is 2.02. The molecule has 0 atom stereocenters. The highest BCUT2D eigenvalue weighted by Crippen LogP contribution is 2.13. The van der Waals surface area contributed by atoms with Gasteiger partial charge in [-0.3, -0.25) is 4.79 Å². The molecule has 8 heteroatoms. The van der Waals surface area contributed by atoms with E-state index < -0.39 is 6.09 Å². The number of aromatic nitrogens is 1. The summed E-state index contributed by atoms with van der Waals surface area (Å²) in [7, 11) is 1.53. The van der Waals surface area contributed by atoms with Crippen molar-refractivity contribution in [1.29, 1.82) is 0 Å². The monoisotopic (exact) mass is 419 g/mol. The van der Waals surface area contributed by atoms with Gasteiger partial charge in [0.05, 0.1) is 5.69 Å². The van der Waals surface area contributed by atoms with Crippen LogP contribution in [0.15, 0.2) is 24.3 Å². The van der Waals surface area contributed by atoms with Gasteiger partial charge in [0.1, 0.15) is 13.2 Å². The molecule has 0 saturated carbocycles. The lowest BCUT2D eigenvalue weighted by Crippen LogP contribution is -2.26. The Morgan fingerprint density at radius 1 is 1.36 bits per heavy atom. The Labute approximate surface area is 142 Å². The molecule has 0 unspecified atom stereocenters. The van der Waals surface area contributed by atoms with Gasteiger partial charge in [0, 0.05) is 29.3 Å². The number of carbonyl (C=O) groups excluding carboxylic acids is 2. The van der Waals surface area contributed by atoms with E-state index in [0.717, 1.165) is 9.26 Å². The van der Waals surface area contributed by atoms with Crippen molar-refractivity contribution in [1.82, 2.24) is 15.6 Å². The lowest BCUT2D eigenvalue weighted by Gasteiger charge is -2.08. The second-order valence-electron chi connectivity index (χ2n) is 4.10. The fourth-order valence-electron chi connectivity index (χ4n) is 1.32. The zero-order valence-corrected chi connectivity index (χ0v) is 14.5. The number of nitrogens with zero attached hydrogens (tertiary/aromatic N) is 1. The van der Waals surface area contributed by atoms with Crippen molar-refractivity contribution >= 4 is 34.6 Å². The van der Waals surface area contributed by atoms with Crippen molar-refractivity contribution in [3.8, 4) is 5.88 Å². The molecule has 1 rings (SSSR count). The van der Waals surface area contributed by atoms with Gasteiger partial charge in [-0.15, -0.1) is 0 Å². The van der Waals surface area contributed by atoms with E-state index >= 15 is 0 Å². The lowest BCUT2D eigenvalue weighted by atomic mass is 10.4. The lowest BCUT2D eigenvalue weighted by molar-refractivity contribution is -0.116. The van der Waals surface area contributed by atoms with Crippen LogP contribution in [-0.2, 0) is 9.53 Å². The van der Waals surface area contributed by atoms with Gasteiger partial charge >= 0.3 is 6.09 Å². The predicted molar refractivity (Wildman–Crippen MR) is 89.7 cm³/mol. The van der Waals surface area contributed by atoms with Crippen LogP contribution in [0, 0.1) is 10.5 Å². The molecule has 0 saturated heterocycles. The largest absolute Gasteiger partial charge is 0.474 e. The summed E-state index contributed by atoms with van der Waals surface area (Å²) in [6, 6.07) is 3.67.